The second-order valence-electron chi connectivity index (χ2n) is 4.95. The zero-order valence-electron chi connectivity index (χ0n) is 13.1. The molecular formula is C18H16N2O3S. The first-order chi connectivity index (χ1) is 11.8. The number of nitrogens with one attached hydrogen (secondary N) is 1. The molecule has 0 aliphatic rings. The van der Waals surface area contributed by atoms with Gasteiger partial charge in [-0.1, -0.05) is 12.1 Å². The molecule has 1 aromatic heterocycles. The minimum atomic E-state index is -0.203. The maximum absolute atomic E-state index is 12.3. The number of ether oxygens (including phenoxy) is 2. The molecule has 5 nitrogen and oxygen atoms in total. The van der Waals surface area contributed by atoms with Gasteiger partial charge in [0.1, 0.15) is 18.1 Å². The molecule has 0 radical (unpaired) electrons. The van der Waals surface area contributed by atoms with Crippen molar-refractivity contribution < 1.29 is 14.3 Å². The lowest BCUT2D eigenvalue weighted by atomic mass is 10.2. The van der Waals surface area contributed by atoms with E-state index in [1.807, 2.05) is 17.5 Å². The molecule has 3 rings (SSSR count). The van der Waals surface area contributed by atoms with Gasteiger partial charge in [0.2, 0.25) is 0 Å². The lowest BCUT2D eigenvalue weighted by molar-refractivity contribution is 0.102. The molecule has 0 unspecified atom stereocenters. The molecule has 1 amide bonds. The molecule has 122 valence electrons. The fourth-order valence-corrected chi connectivity index (χ4v) is 2.65. The van der Waals surface area contributed by atoms with Crippen LogP contribution in [0.25, 0.3) is 0 Å². The standard InChI is InChI=1S/C18H16N2O3S/c1-22-17-5-3-2-4-16(17)20-18(21)13-6-8-15(9-7-13)23-10-14-11-24-12-19-14/h2-9,11-12H,10H2,1H3,(H,20,21). The van der Waals surface area contributed by atoms with Gasteiger partial charge in [-0.25, -0.2) is 4.98 Å². The van der Waals surface area contributed by atoms with Crippen molar-refractivity contribution in [2.24, 2.45) is 0 Å². The quantitative estimate of drug-likeness (QED) is 0.737. The van der Waals surface area contributed by atoms with E-state index >= 15 is 0 Å². The Bertz CT molecular complexity index is 801. The van der Waals surface area contributed by atoms with E-state index in [1.165, 1.54) is 11.3 Å². The Morgan fingerprint density at radius 2 is 1.96 bits per heavy atom. The highest BCUT2D eigenvalue weighted by atomic mass is 32.1. The molecule has 0 saturated carbocycles. The van der Waals surface area contributed by atoms with Gasteiger partial charge in [-0.15, -0.1) is 11.3 Å². The number of anilines is 1. The number of para-hydroxylation sites is 2. The predicted octanol–water partition coefficient (Wildman–Crippen LogP) is 3.98. The van der Waals surface area contributed by atoms with Crippen LogP contribution in [0.1, 0.15) is 16.1 Å². The van der Waals surface area contributed by atoms with Crippen LogP contribution in [0.4, 0.5) is 5.69 Å². The third-order valence-corrected chi connectivity index (χ3v) is 3.98. The van der Waals surface area contributed by atoms with Crippen LogP contribution in [0, 0.1) is 0 Å². The predicted molar refractivity (Wildman–Crippen MR) is 93.8 cm³/mol. The monoisotopic (exact) mass is 340 g/mol. The average Bonchev–Trinajstić information content (AvgIpc) is 3.14. The topological polar surface area (TPSA) is 60.5 Å². The summed E-state index contributed by atoms with van der Waals surface area (Å²) in [7, 11) is 1.57. The number of benzene rings is 2. The SMILES string of the molecule is COc1ccccc1NC(=O)c1ccc(OCc2cscn2)cc1. The maximum Gasteiger partial charge on any atom is 0.255 e. The lowest BCUT2D eigenvalue weighted by Crippen LogP contribution is -2.12. The third-order valence-electron chi connectivity index (χ3n) is 3.34. The van der Waals surface area contributed by atoms with Crippen LogP contribution in [-0.2, 0) is 6.61 Å². The first-order valence-electron chi connectivity index (χ1n) is 7.30. The number of amides is 1. The molecule has 0 saturated heterocycles. The van der Waals surface area contributed by atoms with Crippen LogP contribution < -0.4 is 14.8 Å². The summed E-state index contributed by atoms with van der Waals surface area (Å²) in [5, 5.41) is 4.78. The second-order valence-corrected chi connectivity index (χ2v) is 5.67. The van der Waals surface area contributed by atoms with E-state index < -0.39 is 0 Å². The fourth-order valence-electron chi connectivity index (χ4n) is 2.11. The molecule has 2 aromatic carbocycles. The third kappa shape index (κ3) is 3.91. The van der Waals surface area contributed by atoms with Crippen LogP contribution in [0.2, 0.25) is 0 Å². The van der Waals surface area contributed by atoms with Gasteiger partial charge in [-0.3, -0.25) is 4.79 Å². The van der Waals surface area contributed by atoms with E-state index in [2.05, 4.69) is 10.3 Å². The van der Waals surface area contributed by atoms with Gasteiger partial charge in [-0.05, 0) is 36.4 Å². The summed E-state index contributed by atoms with van der Waals surface area (Å²) in [6.45, 7) is 0.413. The normalized spacial score (nSPS) is 10.2. The zero-order chi connectivity index (χ0) is 16.8. The largest absolute Gasteiger partial charge is 0.495 e. The summed E-state index contributed by atoms with van der Waals surface area (Å²) in [4.78, 5) is 16.5. The average molecular weight is 340 g/mol. The Hall–Kier alpha value is -2.86. The van der Waals surface area contributed by atoms with Gasteiger partial charge >= 0.3 is 0 Å². The number of hydrogen-bond acceptors (Lipinski definition) is 5. The van der Waals surface area contributed by atoms with Crippen molar-refractivity contribution in [2.45, 2.75) is 6.61 Å². The molecule has 0 spiro atoms. The molecular weight excluding hydrogens is 324 g/mol. The van der Waals surface area contributed by atoms with Crippen LogP contribution in [0.3, 0.4) is 0 Å². The Kier molecular flexibility index (Phi) is 5.08. The highest BCUT2D eigenvalue weighted by molar-refractivity contribution is 7.07. The summed E-state index contributed by atoms with van der Waals surface area (Å²) in [5.74, 6) is 1.11. The van der Waals surface area contributed by atoms with Crippen molar-refractivity contribution in [3.63, 3.8) is 0 Å². The van der Waals surface area contributed by atoms with E-state index in [0.29, 0.717) is 29.4 Å². The number of thiazole rings is 1. The van der Waals surface area contributed by atoms with Crippen molar-refractivity contribution in [1.29, 1.82) is 0 Å². The van der Waals surface area contributed by atoms with Crippen molar-refractivity contribution in [2.75, 3.05) is 12.4 Å². The number of hydrogen-bond donors (Lipinski definition) is 1. The van der Waals surface area contributed by atoms with E-state index in [-0.39, 0.29) is 5.91 Å². The van der Waals surface area contributed by atoms with Crippen molar-refractivity contribution in [3.05, 3.63) is 70.7 Å². The van der Waals surface area contributed by atoms with Crippen LogP contribution in [-0.4, -0.2) is 18.0 Å². The smallest absolute Gasteiger partial charge is 0.255 e. The van der Waals surface area contributed by atoms with Gasteiger partial charge in [0.15, 0.2) is 0 Å². The Morgan fingerprint density at radius 1 is 1.17 bits per heavy atom. The first-order valence-corrected chi connectivity index (χ1v) is 8.25. The Morgan fingerprint density at radius 3 is 2.67 bits per heavy atom. The van der Waals surface area contributed by atoms with E-state index in [1.54, 1.807) is 49.0 Å². The van der Waals surface area contributed by atoms with Gasteiger partial charge in [0.05, 0.1) is 24.0 Å². The van der Waals surface area contributed by atoms with Gasteiger partial charge in [0.25, 0.3) is 5.91 Å². The molecule has 24 heavy (non-hydrogen) atoms. The summed E-state index contributed by atoms with van der Waals surface area (Å²) < 4.78 is 10.9. The van der Waals surface area contributed by atoms with Crippen LogP contribution in [0.15, 0.2) is 59.4 Å². The molecule has 0 atom stereocenters. The molecule has 0 aliphatic carbocycles. The van der Waals surface area contributed by atoms with E-state index in [9.17, 15) is 4.79 Å². The molecule has 1 N–H and O–H groups in total. The van der Waals surface area contributed by atoms with E-state index in [0.717, 1.165) is 5.69 Å². The maximum atomic E-state index is 12.3. The van der Waals surface area contributed by atoms with Crippen LogP contribution in [0.5, 0.6) is 11.5 Å². The number of nitrogens with zero attached hydrogens (tertiary/aromatic N) is 1. The number of aromatic nitrogens is 1. The Balaban J connectivity index is 1.63. The van der Waals surface area contributed by atoms with Gasteiger partial charge < -0.3 is 14.8 Å². The number of carbonyl (C=O) groups excluding carboxylic acids is 1. The van der Waals surface area contributed by atoms with Gasteiger partial charge in [0, 0.05) is 10.9 Å². The van der Waals surface area contributed by atoms with Crippen molar-refractivity contribution in [1.82, 2.24) is 4.98 Å². The highest BCUT2D eigenvalue weighted by Crippen LogP contribution is 2.24. The molecule has 3 aromatic rings. The molecule has 0 bridgehead atoms. The molecule has 0 fully saturated rings. The van der Waals surface area contributed by atoms with E-state index in [4.69, 9.17) is 9.47 Å². The number of methoxy groups -OCH3 is 1. The zero-order valence-corrected chi connectivity index (χ0v) is 13.9. The minimum Gasteiger partial charge on any atom is -0.495 e. The molecule has 0 aliphatic heterocycles. The molecule has 1 heterocycles. The van der Waals surface area contributed by atoms with Gasteiger partial charge in [-0.2, -0.15) is 0 Å². The summed E-state index contributed by atoms with van der Waals surface area (Å²) >= 11 is 1.53. The lowest BCUT2D eigenvalue weighted by Gasteiger charge is -2.10. The van der Waals surface area contributed by atoms with Crippen LogP contribution >= 0.6 is 11.3 Å². The van der Waals surface area contributed by atoms with Crippen molar-refractivity contribution in [3.8, 4) is 11.5 Å². The minimum absolute atomic E-state index is 0.203. The van der Waals surface area contributed by atoms with Crippen molar-refractivity contribution >= 4 is 22.9 Å². The number of carbonyl (C=O) groups is 1. The summed E-state index contributed by atoms with van der Waals surface area (Å²) in [6.07, 6.45) is 0. The number of rotatable bonds is 6. The molecule has 6 heteroatoms. The summed E-state index contributed by atoms with van der Waals surface area (Å²) in [6, 6.07) is 14.3. The second kappa shape index (κ2) is 7.61. The fraction of sp³-hybridized carbons (Fsp3) is 0.111. The first kappa shape index (κ1) is 16.0. The highest BCUT2D eigenvalue weighted by Gasteiger charge is 2.09. The Labute approximate surface area is 143 Å². The summed E-state index contributed by atoms with van der Waals surface area (Å²) in [5.41, 5.74) is 3.83.